The number of carbonyl (C=O) groups is 2. The number of carbonyl (C=O) groups excluding carboxylic acids is 2. The Morgan fingerprint density at radius 1 is 1.18 bits per heavy atom. The zero-order chi connectivity index (χ0) is 19.5. The van der Waals surface area contributed by atoms with Gasteiger partial charge in [-0.25, -0.2) is 9.97 Å². The van der Waals surface area contributed by atoms with Gasteiger partial charge in [0.1, 0.15) is 5.82 Å². The maximum atomic E-state index is 12.6. The highest BCUT2D eigenvalue weighted by Gasteiger charge is 2.25. The van der Waals surface area contributed by atoms with E-state index in [0.717, 1.165) is 23.7 Å². The lowest BCUT2D eigenvalue weighted by Crippen LogP contribution is -2.25. The van der Waals surface area contributed by atoms with Crippen LogP contribution in [0.3, 0.4) is 0 Å². The Morgan fingerprint density at radius 2 is 2.00 bits per heavy atom. The van der Waals surface area contributed by atoms with Gasteiger partial charge >= 0.3 is 0 Å². The number of pyridine rings is 2. The Morgan fingerprint density at radius 3 is 2.75 bits per heavy atom. The predicted octanol–water partition coefficient (Wildman–Crippen LogP) is 3.91. The van der Waals surface area contributed by atoms with Crippen molar-refractivity contribution in [2.24, 2.45) is 0 Å². The number of hydrogen-bond donors (Lipinski definition) is 2. The van der Waals surface area contributed by atoms with E-state index >= 15 is 0 Å². The lowest BCUT2D eigenvalue weighted by atomic mass is 10.1. The molecule has 1 aromatic carbocycles. The molecule has 0 bridgehead atoms. The molecule has 2 heterocycles. The molecule has 2 amide bonds. The lowest BCUT2D eigenvalue weighted by molar-refractivity contribution is -0.113. The number of thioether (sulfide) groups is 1. The van der Waals surface area contributed by atoms with Crippen molar-refractivity contribution >= 4 is 51.9 Å². The third-order valence-corrected chi connectivity index (χ3v) is 5.33. The first-order chi connectivity index (χ1) is 13.6. The van der Waals surface area contributed by atoms with Crippen LogP contribution in [0, 0.1) is 0 Å². The molecule has 1 aliphatic rings. The second-order valence-electron chi connectivity index (χ2n) is 6.47. The fourth-order valence-corrected chi connectivity index (χ4v) is 3.50. The fraction of sp³-hybridized carbons (Fsp3) is 0.200. The number of hydrogen-bond acceptors (Lipinski definition) is 5. The Balaban J connectivity index is 1.49. The largest absolute Gasteiger partial charge is 0.349 e. The number of nitrogens with one attached hydrogen (secondary N) is 2. The van der Waals surface area contributed by atoms with Crippen LogP contribution < -0.4 is 10.6 Å². The molecule has 1 saturated carbocycles. The normalized spacial score (nSPS) is 13.3. The van der Waals surface area contributed by atoms with Gasteiger partial charge in [0.2, 0.25) is 5.91 Å². The van der Waals surface area contributed by atoms with Crippen molar-refractivity contribution in [3.8, 4) is 0 Å². The highest BCUT2D eigenvalue weighted by Crippen LogP contribution is 2.26. The quantitative estimate of drug-likeness (QED) is 0.600. The monoisotopic (exact) mass is 412 g/mol. The van der Waals surface area contributed by atoms with Crippen molar-refractivity contribution in [1.82, 2.24) is 15.3 Å². The van der Waals surface area contributed by atoms with E-state index in [1.165, 1.54) is 18.0 Å². The zero-order valence-corrected chi connectivity index (χ0v) is 16.4. The molecule has 1 aliphatic carbocycles. The molecular formula is C20H17ClN4O2S. The standard InChI is InChI=1S/C20H17ClN4O2S/c21-12-5-8-17(22-10-12)25-18(26)11-28-19-9-15(20(27)23-13-6-7-13)14-3-1-2-4-16(14)24-19/h1-5,8-10,13H,6-7,11H2,(H,23,27)(H,22,25,26). The summed E-state index contributed by atoms with van der Waals surface area (Å²) < 4.78 is 0. The first kappa shape index (κ1) is 18.7. The van der Waals surface area contributed by atoms with Crippen LogP contribution in [-0.2, 0) is 4.79 Å². The van der Waals surface area contributed by atoms with Crippen LogP contribution in [0.1, 0.15) is 23.2 Å². The molecule has 8 heteroatoms. The average molecular weight is 413 g/mol. The van der Waals surface area contributed by atoms with Gasteiger partial charge in [0.15, 0.2) is 0 Å². The summed E-state index contributed by atoms with van der Waals surface area (Å²) in [7, 11) is 0. The Bertz CT molecular complexity index is 1040. The smallest absolute Gasteiger partial charge is 0.252 e. The van der Waals surface area contributed by atoms with Gasteiger partial charge in [-0.3, -0.25) is 9.59 Å². The van der Waals surface area contributed by atoms with Gasteiger partial charge in [-0.15, -0.1) is 0 Å². The van der Waals surface area contributed by atoms with Crippen LogP contribution in [0.2, 0.25) is 5.02 Å². The predicted molar refractivity (Wildman–Crippen MR) is 111 cm³/mol. The molecule has 0 spiro atoms. The SMILES string of the molecule is O=C(CSc1cc(C(=O)NC2CC2)c2ccccc2n1)Nc1ccc(Cl)cn1. The van der Waals surface area contributed by atoms with E-state index < -0.39 is 0 Å². The third-order valence-electron chi connectivity index (χ3n) is 4.20. The van der Waals surface area contributed by atoms with E-state index in [2.05, 4.69) is 20.6 Å². The molecule has 6 nitrogen and oxygen atoms in total. The minimum atomic E-state index is -0.209. The van der Waals surface area contributed by atoms with Gasteiger partial charge in [-0.1, -0.05) is 41.6 Å². The van der Waals surface area contributed by atoms with Gasteiger partial charge in [0.25, 0.3) is 5.91 Å². The van der Waals surface area contributed by atoms with Gasteiger partial charge in [-0.2, -0.15) is 0 Å². The first-order valence-electron chi connectivity index (χ1n) is 8.83. The molecule has 142 valence electrons. The number of benzene rings is 1. The number of para-hydroxylation sites is 1. The van der Waals surface area contributed by atoms with Crippen molar-refractivity contribution in [1.29, 1.82) is 0 Å². The van der Waals surface area contributed by atoms with Crippen molar-refractivity contribution < 1.29 is 9.59 Å². The summed E-state index contributed by atoms with van der Waals surface area (Å²) in [5.41, 5.74) is 1.31. The summed E-state index contributed by atoms with van der Waals surface area (Å²) in [6.45, 7) is 0. The lowest BCUT2D eigenvalue weighted by Gasteiger charge is -2.10. The van der Waals surface area contributed by atoms with Crippen molar-refractivity contribution in [3.05, 3.63) is 59.2 Å². The van der Waals surface area contributed by atoms with Crippen LogP contribution in [0.15, 0.2) is 53.7 Å². The molecule has 0 atom stereocenters. The molecular weight excluding hydrogens is 396 g/mol. The number of anilines is 1. The summed E-state index contributed by atoms with van der Waals surface area (Å²) in [6, 6.07) is 12.8. The number of amides is 2. The molecule has 2 aromatic heterocycles. The van der Waals surface area contributed by atoms with E-state index in [4.69, 9.17) is 11.6 Å². The topological polar surface area (TPSA) is 84.0 Å². The van der Waals surface area contributed by atoms with E-state index in [0.29, 0.717) is 21.4 Å². The van der Waals surface area contributed by atoms with Crippen LogP contribution in [-0.4, -0.2) is 33.6 Å². The Labute approximate surface area is 171 Å². The summed E-state index contributed by atoms with van der Waals surface area (Å²) in [5, 5.41) is 7.66. The van der Waals surface area contributed by atoms with Gasteiger partial charge < -0.3 is 10.6 Å². The number of rotatable bonds is 6. The van der Waals surface area contributed by atoms with E-state index in [1.807, 2.05) is 24.3 Å². The van der Waals surface area contributed by atoms with Gasteiger partial charge in [0, 0.05) is 17.6 Å². The van der Waals surface area contributed by atoms with Crippen LogP contribution in [0.5, 0.6) is 0 Å². The highest BCUT2D eigenvalue weighted by atomic mass is 35.5. The van der Waals surface area contributed by atoms with Crippen LogP contribution in [0.4, 0.5) is 5.82 Å². The first-order valence-corrected chi connectivity index (χ1v) is 10.2. The van der Waals surface area contributed by atoms with Crippen LogP contribution >= 0.6 is 23.4 Å². The van der Waals surface area contributed by atoms with E-state index in [-0.39, 0.29) is 23.6 Å². The second-order valence-corrected chi connectivity index (χ2v) is 7.90. The van der Waals surface area contributed by atoms with Gasteiger partial charge in [0.05, 0.1) is 26.9 Å². The second kappa shape index (κ2) is 8.16. The van der Waals surface area contributed by atoms with Crippen molar-refractivity contribution in [2.45, 2.75) is 23.9 Å². The maximum Gasteiger partial charge on any atom is 0.252 e. The van der Waals surface area contributed by atoms with Crippen molar-refractivity contribution in [2.75, 3.05) is 11.1 Å². The Hall–Kier alpha value is -2.64. The fourth-order valence-electron chi connectivity index (χ4n) is 2.67. The van der Waals surface area contributed by atoms with E-state index in [1.54, 1.807) is 18.2 Å². The number of halogens is 1. The summed E-state index contributed by atoms with van der Waals surface area (Å²) in [6.07, 6.45) is 3.52. The molecule has 0 saturated heterocycles. The molecule has 2 N–H and O–H groups in total. The third kappa shape index (κ3) is 4.61. The maximum absolute atomic E-state index is 12.6. The summed E-state index contributed by atoms with van der Waals surface area (Å²) in [4.78, 5) is 33.4. The van der Waals surface area contributed by atoms with Crippen molar-refractivity contribution in [3.63, 3.8) is 0 Å². The molecule has 28 heavy (non-hydrogen) atoms. The highest BCUT2D eigenvalue weighted by molar-refractivity contribution is 7.99. The zero-order valence-electron chi connectivity index (χ0n) is 14.8. The average Bonchev–Trinajstić information content (AvgIpc) is 3.51. The summed E-state index contributed by atoms with van der Waals surface area (Å²) in [5.74, 6) is 0.279. The molecule has 0 radical (unpaired) electrons. The summed E-state index contributed by atoms with van der Waals surface area (Å²) >= 11 is 7.07. The molecule has 4 rings (SSSR count). The van der Waals surface area contributed by atoms with E-state index in [9.17, 15) is 9.59 Å². The molecule has 0 unspecified atom stereocenters. The minimum absolute atomic E-state index is 0.0993. The van der Waals surface area contributed by atoms with Crippen LogP contribution in [0.25, 0.3) is 10.9 Å². The minimum Gasteiger partial charge on any atom is -0.349 e. The number of fused-ring (bicyclic) bond motifs is 1. The van der Waals surface area contributed by atoms with Gasteiger partial charge in [-0.05, 0) is 37.1 Å². The molecule has 3 aromatic rings. The Kier molecular flexibility index (Phi) is 5.45. The number of nitrogens with zero attached hydrogens (tertiary/aromatic N) is 2. The molecule has 1 fully saturated rings. The number of aromatic nitrogens is 2. The molecule has 0 aliphatic heterocycles.